The summed E-state index contributed by atoms with van der Waals surface area (Å²) in [5, 5.41) is 8.64. The van der Waals surface area contributed by atoms with Crippen molar-refractivity contribution in [2.24, 2.45) is 7.05 Å². The number of aryl methyl sites for hydroxylation is 1. The van der Waals surface area contributed by atoms with Gasteiger partial charge in [0.2, 0.25) is 5.91 Å². The highest BCUT2D eigenvalue weighted by Gasteiger charge is 2.27. The Morgan fingerprint density at radius 2 is 2.24 bits per heavy atom. The highest BCUT2D eigenvalue weighted by molar-refractivity contribution is 5.82. The normalized spacial score (nSPS) is 21.8. The Morgan fingerprint density at radius 3 is 3.00 bits per heavy atom. The zero-order valence-corrected chi connectivity index (χ0v) is 12.5. The van der Waals surface area contributed by atoms with Crippen molar-refractivity contribution in [2.45, 2.75) is 38.4 Å². The van der Waals surface area contributed by atoms with Gasteiger partial charge in [-0.15, -0.1) is 0 Å². The molecule has 0 unspecified atom stereocenters. The van der Waals surface area contributed by atoms with Crippen LogP contribution in [0.5, 0.6) is 0 Å². The van der Waals surface area contributed by atoms with Crippen molar-refractivity contribution in [3.05, 3.63) is 30.0 Å². The second kappa shape index (κ2) is 5.85. The Hall–Kier alpha value is -1.88. The molecule has 0 aliphatic carbocycles. The minimum absolute atomic E-state index is 0.000383. The second-order valence-electron chi connectivity index (χ2n) is 5.64. The summed E-state index contributed by atoms with van der Waals surface area (Å²) in [5.41, 5.74) is 2.14. The van der Waals surface area contributed by atoms with Crippen LogP contribution in [0.15, 0.2) is 24.3 Å². The van der Waals surface area contributed by atoms with Gasteiger partial charge in [-0.05, 0) is 25.8 Å². The van der Waals surface area contributed by atoms with Gasteiger partial charge < -0.3 is 10.1 Å². The van der Waals surface area contributed by atoms with Gasteiger partial charge in [0.25, 0.3) is 0 Å². The molecule has 5 nitrogen and oxygen atoms in total. The third kappa shape index (κ3) is 2.93. The van der Waals surface area contributed by atoms with E-state index in [-0.39, 0.29) is 18.1 Å². The molecule has 1 aliphatic rings. The zero-order valence-electron chi connectivity index (χ0n) is 12.5. The van der Waals surface area contributed by atoms with Gasteiger partial charge in [0.1, 0.15) is 6.10 Å². The van der Waals surface area contributed by atoms with Gasteiger partial charge in [0.05, 0.1) is 17.3 Å². The molecule has 1 amide bonds. The SMILES string of the molecule is C[C@@H]1CC[C@H](C(=O)NCCc2nn(C)c3ccccc23)O1. The highest BCUT2D eigenvalue weighted by Crippen LogP contribution is 2.19. The number of amides is 1. The van der Waals surface area contributed by atoms with Crippen LogP contribution >= 0.6 is 0 Å². The molecule has 1 aromatic heterocycles. The van der Waals surface area contributed by atoms with E-state index in [1.54, 1.807) is 0 Å². The van der Waals surface area contributed by atoms with Crippen molar-refractivity contribution >= 4 is 16.8 Å². The number of carbonyl (C=O) groups is 1. The van der Waals surface area contributed by atoms with Gasteiger partial charge in [-0.2, -0.15) is 5.10 Å². The van der Waals surface area contributed by atoms with Crippen LogP contribution in [-0.2, 0) is 23.0 Å². The topological polar surface area (TPSA) is 56.2 Å². The Balaban J connectivity index is 1.58. The van der Waals surface area contributed by atoms with Crippen LogP contribution in [-0.4, -0.2) is 34.4 Å². The zero-order chi connectivity index (χ0) is 14.8. The molecule has 0 spiro atoms. The van der Waals surface area contributed by atoms with Gasteiger partial charge in [-0.25, -0.2) is 0 Å². The summed E-state index contributed by atoms with van der Waals surface area (Å²) >= 11 is 0. The van der Waals surface area contributed by atoms with Crippen LogP contribution in [0.4, 0.5) is 0 Å². The van der Waals surface area contributed by atoms with Crippen molar-refractivity contribution in [1.29, 1.82) is 0 Å². The van der Waals surface area contributed by atoms with Crippen LogP contribution in [0, 0.1) is 0 Å². The second-order valence-corrected chi connectivity index (χ2v) is 5.64. The molecule has 2 atom stereocenters. The highest BCUT2D eigenvalue weighted by atomic mass is 16.5. The quantitative estimate of drug-likeness (QED) is 0.933. The Bertz CT molecular complexity index is 650. The first-order valence-corrected chi connectivity index (χ1v) is 7.49. The van der Waals surface area contributed by atoms with Crippen molar-refractivity contribution < 1.29 is 9.53 Å². The van der Waals surface area contributed by atoms with Gasteiger partial charge in [0.15, 0.2) is 0 Å². The predicted molar refractivity (Wildman–Crippen MR) is 81.0 cm³/mol. The van der Waals surface area contributed by atoms with Gasteiger partial charge in [0, 0.05) is 25.4 Å². The maximum Gasteiger partial charge on any atom is 0.249 e. The molecule has 1 aromatic carbocycles. The average molecular weight is 287 g/mol. The first-order chi connectivity index (χ1) is 10.1. The van der Waals surface area contributed by atoms with Crippen LogP contribution in [0.2, 0.25) is 0 Å². The Morgan fingerprint density at radius 1 is 1.43 bits per heavy atom. The van der Waals surface area contributed by atoms with Crippen molar-refractivity contribution in [1.82, 2.24) is 15.1 Å². The standard InChI is InChI=1S/C16H21N3O2/c1-11-7-8-15(21-11)16(20)17-10-9-13-12-5-3-4-6-14(12)19(2)18-13/h3-6,11,15H,7-10H2,1-2H3,(H,17,20)/t11-,15-/m1/s1. The lowest BCUT2D eigenvalue weighted by molar-refractivity contribution is -0.131. The minimum Gasteiger partial charge on any atom is -0.365 e. The minimum atomic E-state index is -0.277. The summed E-state index contributed by atoms with van der Waals surface area (Å²) < 4.78 is 7.45. The van der Waals surface area contributed by atoms with Crippen LogP contribution in [0.1, 0.15) is 25.5 Å². The number of rotatable bonds is 4. The number of nitrogens with zero attached hydrogens (tertiary/aromatic N) is 2. The van der Waals surface area contributed by atoms with E-state index in [0.29, 0.717) is 6.54 Å². The van der Waals surface area contributed by atoms with Crippen molar-refractivity contribution in [3.8, 4) is 0 Å². The van der Waals surface area contributed by atoms with E-state index >= 15 is 0 Å². The van der Waals surface area contributed by atoms with E-state index in [0.717, 1.165) is 35.9 Å². The van der Waals surface area contributed by atoms with Crippen molar-refractivity contribution in [3.63, 3.8) is 0 Å². The van der Waals surface area contributed by atoms with Gasteiger partial charge >= 0.3 is 0 Å². The monoisotopic (exact) mass is 287 g/mol. The molecule has 2 aromatic rings. The molecule has 112 valence electrons. The number of ether oxygens (including phenoxy) is 1. The van der Waals surface area contributed by atoms with Crippen molar-refractivity contribution in [2.75, 3.05) is 6.54 Å². The summed E-state index contributed by atoms with van der Waals surface area (Å²) in [6.07, 6.45) is 2.43. The van der Waals surface area contributed by atoms with Gasteiger partial charge in [-0.3, -0.25) is 9.48 Å². The molecule has 1 fully saturated rings. The molecule has 0 bridgehead atoms. The first kappa shape index (κ1) is 14.1. The fourth-order valence-corrected chi connectivity index (χ4v) is 2.89. The predicted octanol–water partition coefficient (Wildman–Crippen LogP) is 1.80. The maximum absolute atomic E-state index is 12.0. The lowest BCUT2D eigenvalue weighted by Gasteiger charge is -2.11. The van der Waals surface area contributed by atoms with E-state index in [1.807, 2.05) is 30.8 Å². The maximum atomic E-state index is 12.0. The number of aromatic nitrogens is 2. The third-order valence-corrected chi connectivity index (χ3v) is 4.02. The molecule has 2 heterocycles. The number of benzene rings is 1. The average Bonchev–Trinajstić information content (AvgIpc) is 3.04. The van der Waals surface area contributed by atoms with Crippen LogP contribution < -0.4 is 5.32 Å². The molecule has 1 aliphatic heterocycles. The number of fused-ring (bicyclic) bond motifs is 1. The molecular weight excluding hydrogens is 266 g/mol. The first-order valence-electron chi connectivity index (χ1n) is 7.49. The van der Waals surface area contributed by atoms with Gasteiger partial charge in [-0.1, -0.05) is 18.2 Å². The summed E-state index contributed by atoms with van der Waals surface area (Å²) in [5.74, 6) is -0.000383. The fourth-order valence-electron chi connectivity index (χ4n) is 2.89. The van der Waals surface area contributed by atoms with E-state index < -0.39 is 0 Å². The van der Waals surface area contributed by atoms with E-state index in [9.17, 15) is 4.79 Å². The molecule has 3 rings (SSSR count). The molecule has 5 heteroatoms. The molecule has 0 radical (unpaired) electrons. The summed E-state index contributed by atoms with van der Waals surface area (Å²) in [7, 11) is 1.94. The largest absolute Gasteiger partial charge is 0.365 e. The van der Waals surface area contributed by atoms with E-state index in [1.165, 1.54) is 0 Å². The lowest BCUT2D eigenvalue weighted by Crippen LogP contribution is -2.35. The molecule has 21 heavy (non-hydrogen) atoms. The Kier molecular flexibility index (Phi) is 3.92. The molecule has 0 saturated carbocycles. The van der Waals surface area contributed by atoms with E-state index in [2.05, 4.69) is 22.5 Å². The number of hydrogen-bond donors (Lipinski definition) is 1. The fraction of sp³-hybridized carbons (Fsp3) is 0.500. The number of hydrogen-bond acceptors (Lipinski definition) is 3. The van der Waals surface area contributed by atoms with Crippen LogP contribution in [0.25, 0.3) is 10.9 Å². The summed E-state index contributed by atoms with van der Waals surface area (Å²) in [6.45, 7) is 2.60. The summed E-state index contributed by atoms with van der Waals surface area (Å²) in [4.78, 5) is 12.0. The lowest BCUT2D eigenvalue weighted by atomic mass is 10.1. The smallest absolute Gasteiger partial charge is 0.249 e. The third-order valence-electron chi connectivity index (χ3n) is 4.02. The molecule has 1 N–H and O–H groups in total. The number of nitrogens with one attached hydrogen (secondary N) is 1. The summed E-state index contributed by atoms with van der Waals surface area (Å²) in [6, 6.07) is 8.15. The van der Waals surface area contributed by atoms with E-state index in [4.69, 9.17) is 4.74 Å². The number of carbonyl (C=O) groups excluding carboxylic acids is 1. The Labute approximate surface area is 124 Å². The van der Waals surface area contributed by atoms with Crippen LogP contribution in [0.3, 0.4) is 0 Å². The molecular formula is C16H21N3O2. The molecule has 1 saturated heterocycles. The number of para-hydroxylation sites is 1.